The van der Waals surface area contributed by atoms with Crippen LogP contribution in [0.4, 0.5) is 15.8 Å². The van der Waals surface area contributed by atoms with Gasteiger partial charge in [-0.05, 0) is 30.3 Å². The van der Waals surface area contributed by atoms with Crippen LogP contribution >= 0.6 is 0 Å². The minimum Gasteiger partial charge on any atom is -0.478 e. The molecule has 4 N–H and O–H groups in total. The highest BCUT2D eigenvalue weighted by Gasteiger charge is 2.14. The van der Waals surface area contributed by atoms with Crippen molar-refractivity contribution < 1.29 is 19.1 Å². The average molecular weight is 275 g/mol. The molecule has 6 nitrogen and oxygen atoms in total. The summed E-state index contributed by atoms with van der Waals surface area (Å²) in [5.74, 6) is -2.91. The predicted molar refractivity (Wildman–Crippen MR) is 70.0 cm³/mol. The van der Waals surface area contributed by atoms with Crippen molar-refractivity contribution in [2.75, 3.05) is 11.1 Å². The van der Waals surface area contributed by atoms with E-state index in [1.54, 1.807) is 6.07 Å². The Kier molecular flexibility index (Phi) is 3.60. The molecule has 0 fully saturated rings. The van der Waals surface area contributed by atoms with Crippen LogP contribution in [0.25, 0.3) is 0 Å². The molecule has 102 valence electrons. The van der Waals surface area contributed by atoms with E-state index in [0.717, 1.165) is 12.1 Å². The molecule has 2 aromatic rings. The first-order valence-corrected chi connectivity index (χ1v) is 5.53. The first kappa shape index (κ1) is 13.5. The fourth-order valence-electron chi connectivity index (χ4n) is 1.56. The molecule has 0 aliphatic heterocycles. The van der Waals surface area contributed by atoms with Crippen molar-refractivity contribution in [3.8, 4) is 0 Å². The molecule has 0 saturated carbocycles. The fraction of sp³-hybridized carbons (Fsp3) is 0. The SMILES string of the molecule is Nc1cccnc1C(=O)Nc1ccc(F)c(C(=O)O)c1. The van der Waals surface area contributed by atoms with Crippen molar-refractivity contribution in [2.24, 2.45) is 0 Å². The molecule has 0 atom stereocenters. The molecule has 1 aromatic carbocycles. The second kappa shape index (κ2) is 5.35. The zero-order chi connectivity index (χ0) is 14.7. The van der Waals surface area contributed by atoms with Gasteiger partial charge in [-0.15, -0.1) is 0 Å². The van der Waals surface area contributed by atoms with Crippen LogP contribution in [0, 0.1) is 5.82 Å². The van der Waals surface area contributed by atoms with E-state index >= 15 is 0 Å². The number of pyridine rings is 1. The Bertz CT molecular complexity index is 688. The minimum atomic E-state index is -1.42. The van der Waals surface area contributed by atoms with E-state index in [-0.39, 0.29) is 17.1 Å². The molecule has 0 saturated heterocycles. The minimum absolute atomic E-state index is 0.00806. The summed E-state index contributed by atoms with van der Waals surface area (Å²) in [6.07, 6.45) is 1.40. The number of nitrogens with zero attached hydrogens (tertiary/aromatic N) is 1. The van der Waals surface area contributed by atoms with Gasteiger partial charge in [0.05, 0.1) is 11.3 Å². The van der Waals surface area contributed by atoms with Gasteiger partial charge in [-0.2, -0.15) is 0 Å². The number of carboxylic acids is 1. The van der Waals surface area contributed by atoms with Gasteiger partial charge in [0.15, 0.2) is 5.69 Å². The number of carbonyl (C=O) groups excluding carboxylic acids is 1. The third-order valence-electron chi connectivity index (χ3n) is 2.51. The number of carboxylic acid groups (broad SMARTS) is 1. The normalized spacial score (nSPS) is 10.1. The van der Waals surface area contributed by atoms with E-state index in [0.29, 0.717) is 0 Å². The third kappa shape index (κ3) is 2.72. The van der Waals surface area contributed by atoms with Gasteiger partial charge < -0.3 is 16.2 Å². The summed E-state index contributed by atoms with van der Waals surface area (Å²) in [7, 11) is 0. The number of nitrogens with two attached hydrogens (primary N) is 1. The highest BCUT2D eigenvalue weighted by atomic mass is 19.1. The number of carbonyl (C=O) groups is 2. The van der Waals surface area contributed by atoms with E-state index in [9.17, 15) is 14.0 Å². The molecule has 0 unspecified atom stereocenters. The highest BCUT2D eigenvalue weighted by molar-refractivity contribution is 6.06. The molecule has 1 aromatic heterocycles. The summed E-state index contributed by atoms with van der Waals surface area (Å²) in [6.45, 7) is 0. The number of hydrogen-bond donors (Lipinski definition) is 3. The number of halogens is 1. The fourth-order valence-corrected chi connectivity index (χ4v) is 1.56. The number of nitrogens with one attached hydrogen (secondary N) is 1. The van der Waals surface area contributed by atoms with Crippen LogP contribution < -0.4 is 11.1 Å². The summed E-state index contributed by atoms with van der Waals surface area (Å²) in [5.41, 5.74) is 5.40. The number of amides is 1. The van der Waals surface area contributed by atoms with Gasteiger partial charge in [0.25, 0.3) is 5.91 Å². The van der Waals surface area contributed by atoms with Crippen molar-refractivity contribution in [3.05, 3.63) is 53.6 Å². The van der Waals surface area contributed by atoms with Crippen molar-refractivity contribution in [1.82, 2.24) is 4.98 Å². The third-order valence-corrected chi connectivity index (χ3v) is 2.51. The molecular formula is C13H10FN3O3. The number of rotatable bonds is 3. The lowest BCUT2D eigenvalue weighted by Crippen LogP contribution is -2.16. The zero-order valence-corrected chi connectivity index (χ0v) is 10.1. The maximum atomic E-state index is 13.2. The second-order valence-corrected chi connectivity index (χ2v) is 3.90. The van der Waals surface area contributed by atoms with Crippen LogP contribution in [0.2, 0.25) is 0 Å². The van der Waals surface area contributed by atoms with E-state index in [1.807, 2.05) is 0 Å². The molecule has 7 heteroatoms. The van der Waals surface area contributed by atoms with E-state index < -0.39 is 23.3 Å². The Balaban J connectivity index is 2.27. The lowest BCUT2D eigenvalue weighted by atomic mass is 10.2. The molecular weight excluding hydrogens is 265 g/mol. The van der Waals surface area contributed by atoms with Gasteiger partial charge in [-0.25, -0.2) is 14.2 Å². The van der Waals surface area contributed by atoms with Gasteiger partial charge in [-0.3, -0.25) is 4.79 Å². The zero-order valence-electron chi connectivity index (χ0n) is 10.1. The first-order chi connectivity index (χ1) is 9.49. The Morgan fingerprint density at radius 1 is 1.30 bits per heavy atom. The van der Waals surface area contributed by atoms with Gasteiger partial charge in [-0.1, -0.05) is 0 Å². The molecule has 0 aliphatic carbocycles. The number of aromatic nitrogens is 1. The Labute approximate surface area is 113 Å². The standard InChI is InChI=1S/C13H10FN3O3/c14-9-4-3-7(6-8(9)13(19)20)17-12(18)11-10(15)2-1-5-16-11/h1-6H,15H2,(H,17,18)(H,19,20). The molecule has 20 heavy (non-hydrogen) atoms. The molecule has 1 heterocycles. The first-order valence-electron chi connectivity index (χ1n) is 5.53. The highest BCUT2D eigenvalue weighted by Crippen LogP contribution is 2.16. The maximum Gasteiger partial charge on any atom is 0.338 e. The summed E-state index contributed by atoms with van der Waals surface area (Å²) in [4.78, 5) is 26.5. The van der Waals surface area contributed by atoms with E-state index in [1.165, 1.54) is 18.3 Å². The van der Waals surface area contributed by atoms with Crippen LogP contribution in [0.1, 0.15) is 20.8 Å². The number of benzene rings is 1. The Morgan fingerprint density at radius 2 is 2.05 bits per heavy atom. The van der Waals surface area contributed by atoms with Crippen LogP contribution in [-0.2, 0) is 0 Å². The largest absolute Gasteiger partial charge is 0.478 e. The molecule has 1 amide bonds. The van der Waals surface area contributed by atoms with E-state index in [2.05, 4.69) is 10.3 Å². The maximum absolute atomic E-state index is 13.2. The van der Waals surface area contributed by atoms with Crippen LogP contribution in [-0.4, -0.2) is 22.0 Å². The van der Waals surface area contributed by atoms with Crippen LogP contribution in [0.15, 0.2) is 36.5 Å². The van der Waals surface area contributed by atoms with Crippen molar-refractivity contribution in [1.29, 1.82) is 0 Å². The average Bonchev–Trinajstić information content (AvgIpc) is 2.41. The van der Waals surface area contributed by atoms with Crippen molar-refractivity contribution in [2.45, 2.75) is 0 Å². The predicted octanol–water partition coefficient (Wildman–Crippen LogP) is 1.75. The summed E-state index contributed by atoms with van der Waals surface area (Å²) in [6, 6.07) is 6.32. The van der Waals surface area contributed by atoms with Crippen molar-refractivity contribution in [3.63, 3.8) is 0 Å². The van der Waals surface area contributed by atoms with Gasteiger partial charge in [0, 0.05) is 11.9 Å². The Hall–Kier alpha value is -2.96. The monoisotopic (exact) mass is 275 g/mol. The van der Waals surface area contributed by atoms with Crippen LogP contribution in [0.5, 0.6) is 0 Å². The summed E-state index contributed by atoms with van der Waals surface area (Å²) < 4.78 is 13.2. The molecule has 2 rings (SSSR count). The molecule has 0 bridgehead atoms. The lowest BCUT2D eigenvalue weighted by Gasteiger charge is -2.07. The molecule has 0 spiro atoms. The number of anilines is 2. The van der Waals surface area contributed by atoms with Crippen LogP contribution in [0.3, 0.4) is 0 Å². The van der Waals surface area contributed by atoms with Gasteiger partial charge >= 0.3 is 5.97 Å². The topological polar surface area (TPSA) is 105 Å². The smallest absolute Gasteiger partial charge is 0.338 e. The van der Waals surface area contributed by atoms with Crippen molar-refractivity contribution >= 4 is 23.3 Å². The Morgan fingerprint density at radius 3 is 2.70 bits per heavy atom. The second-order valence-electron chi connectivity index (χ2n) is 3.90. The van der Waals surface area contributed by atoms with Gasteiger partial charge in [0.1, 0.15) is 5.82 Å². The number of nitrogen functional groups attached to an aromatic ring is 1. The number of aromatic carboxylic acids is 1. The van der Waals surface area contributed by atoms with E-state index in [4.69, 9.17) is 10.8 Å². The van der Waals surface area contributed by atoms with Gasteiger partial charge in [0.2, 0.25) is 0 Å². The molecule has 0 radical (unpaired) electrons. The summed E-state index contributed by atoms with van der Waals surface area (Å²) in [5, 5.41) is 11.2. The quantitative estimate of drug-likeness (QED) is 0.791. The lowest BCUT2D eigenvalue weighted by molar-refractivity contribution is 0.0691. The molecule has 0 aliphatic rings. The summed E-state index contributed by atoms with van der Waals surface area (Å²) >= 11 is 0. The number of hydrogen-bond acceptors (Lipinski definition) is 4.